The maximum atomic E-state index is 12.8. The second-order valence-corrected chi connectivity index (χ2v) is 8.14. The van der Waals surface area contributed by atoms with Crippen LogP contribution in [0.25, 0.3) is 16.6 Å². The van der Waals surface area contributed by atoms with Gasteiger partial charge in [0.2, 0.25) is 0 Å². The van der Waals surface area contributed by atoms with Crippen molar-refractivity contribution in [3.8, 4) is 0 Å². The quantitative estimate of drug-likeness (QED) is 0.513. The molecule has 0 bridgehead atoms. The van der Waals surface area contributed by atoms with Crippen LogP contribution in [0.5, 0.6) is 0 Å². The van der Waals surface area contributed by atoms with Crippen molar-refractivity contribution < 1.29 is 18.3 Å². The molecule has 0 saturated carbocycles. The van der Waals surface area contributed by atoms with E-state index in [0.29, 0.717) is 11.5 Å². The maximum Gasteiger partial charge on any atom is 0.416 e. The van der Waals surface area contributed by atoms with Gasteiger partial charge in [0.05, 0.1) is 28.7 Å². The normalized spacial score (nSPS) is 17.7. The standard InChI is InChI=1S/C23H22F3N5O/c24-23(25,26)14-4-6-15(7-5-14)31-13-19(32)20(21(31)27)22-28-17-9-8-16(12-18(17)29-22)30-10-2-1-3-11-30/h4-9,12,27,32H,1-3,10-11,13H2,(H,28,29). The molecule has 166 valence electrons. The first-order chi connectivity index (χ1) is 15.3. The Kier molecular flexibility index (Phi) is 4.83. The Labute approximate surface area is 182 Å². The van der Waals surface area contributed by atoms with E-state index < -0.39 is 11.7 Å². The number of fused-ring (bicyclic) bond motifs is 1. The number of imidazole rings is 1. The number of halogens is 3. The molecule has 32 heavy (non-hydrogen) atoms. The number of aromatic nitrogens is 2. The average molecular weight is 441 g/mol. The molecule has 0 radical (unpaired) electrons. The van der Waals surface area contributed by atoms with Crippen LogP contribution in [0.1, 0.15) is 30.7 Å². The number of benzene rings is 2. The molecule has 5 rings (SSSR count). The summed E-state index contributed by atoms with van der Waals surface area (Å²) in [7, 11) is 0. The highest BCUT2D eigenvalue weighted by atomic mass is 19.4. The molecule has 1 fully saturated rings. The van der Waals surface area contributed by atoms with E-state index >= 15 is 0 Å². The zero-order chi connectivity index (χ0) is 22.5. The van der Waals surface area contributed by atoms with Crippen molar-refractivity contribution in [3.63, 3.8) is 0 Å². The van der Waals surface area contributed by atoms with Gasteiger partial charge < -0.3 is 19.9 Å². The fourth-order valence-corrected chi connectivity index (χ4v) is 4.34. The number of nitrogens with one attached hydrogen (secondary N) is 2. The van der Waals surface area contributed by atoms with Crippen LogP contribution in [0.3, 0.4) is 0 Å². The Bertz CT molecular complexity index is 1210. The smallest absolute Gasteiger partial charge is 0.416 e. The van der Waals surface area contributed by atoms with Crippen molar-refractivity contribution in [1.29, 1.82) is 5.41 Å². The lowest BCUT2D eigenvalue weighted by molar-refractivity contribution is -0.137. The Morgan fingerprint density at radius 2 is 1.66 bits per heavy atom. The molecule has 3 aromatic rings. The molecular weight excluding hydrogens is 419 g/mol. The van der Waals surface area contributed by atoms with Gasteiger partial charge >= 0.3 is 6.18 Å². The molecule has 3 heterocycles. The van der Waals surface area contributed by atoms with E-state index in [1.165, 1.54) is 36.3 Å². The van der Waals surface area contributed by atoms with Crippen molar-refractivity contribution in [1.82, 2.24) is 9.97 Å². The van der Waals surface area contributed by atoms with Crippen molar-refractivity contribution in [2.24, 2.45) is 0 Å². The number of rotatable bonds is 3. The predicted molar refractivity (Wildman–Crippen MR) is 118 cm³/mol. The zero-order valence-electron chi connectivity index (χ0n) is 17.2. The fraction of sp³-hybridized carbons (Fsp3) is 0.304. The molecule has 0 amide bonds. The molecule has 0 unspecified atom stereocenters. The van der Waals surface area contributed by atoms with Crippen LogP contribution < -0.4 is 9.80 Å². The first kappa shape index (κ1) is 20.4. The average Bonchev–Trinajstić information content (AvgIpc) is 3.33. The molecule has 3 N–H and O–H groups in total. The van der Waals surface area contributed by atoms with Crippen LogP contribution in [-0.2, 0) is 6.18 Å². The highest BCUT2D eigenvalue weighted by Crippen LogP contribution is 2.34. The van der Waals surface area contributed by atoms with Crippen LogP contribution >= 0.6 is 0 Å². The minimum absolute atomic E-state index is 0.00436. The Morgan fingerprint density at radius 3 is 2.34 bits per heavy atom. The summed E-state index contributed by atoms with van der Waals surface area (Å²) in [5, 5.41) is 19.1. The molecule has 0 aliphatic carbocycles. The minimum atomic E-state index is -4.43. The number of hydrogen-bond acceptors (Lipinski definition) is 4. The topological polar surface area (TPSA) is 79.2 Å². The molecule has 6 nitrogen and oxygen atoms in total. The van der Waals surface area contributed by atoms with Crippen LogP contribution in [0.2, 0.25) is 0 Å². The Balaban J connectivity index is 1.41. The zero-order valence-corrected chi connectivity index (χ0v) is 17.2. The number of aliphatic hydroxyl groups is 1. The lowest BCUT2D eigenvalue weighted by atomic mass is 10.1. The van der Waals surface area contributed by atoms with Gasteiger partial charge in [0.15, 0.2) is 0 Å². The summed E-state index contributed by atoms with van der Waals surface area (Å²) in [6.45, 7) is 2.03. The van der Waals surface area contributed by atoms with Gasteiger partial charge in [-0.3, -0.25) is 5.41 Å². The largest absolute Gasteiger partial charge is 0.509 e. The third-order valence-corrected chi connectivity index (χ3v) is 6.03. The number of H-pyrrole nitrogens is 1. The van der Waals surface area contributed by atoms with Crippen LogP contribution in [0.15, 0.2) is 48.2 Å². The molecule has 2 aliphatic rings. The van der Waals surface area contributed by atoms with Gasteiger partial charge in [-0.15, -0.1) is 0 Å². The summed E-state index contributed by atoms with van der Waals surface area (Å²) in [6, 6.07) is 10.5. The molecule has 1 aromatic heterocycles. The number of nitrogens with zero attached hydrogens (tertiary/aromatic N) is 3. The highest BCUT2D eigenvalue weighted by molar-refractivity contribution is 6.30. The van der Waals surface area contributed by atoms with Gasteiger partial charge in [0.1, 0.15) is 17.4 Å². The van der Waals surface area contributed by atoms with E-state index in [2.05, 4.69) is 14.9 Å². The molecule has 0 spiro atoms. The third kappa shape index (κ3) is 3.57. The molecule has 2 aliphatic heterocycles. The van der Waals surface area contributed by atoms with Crippen LogP contribution in [0, 0.1) is 5.41 Å². The highest BCUT2D eigenvalue weighted by Gasteiger charge is 2.33. The molecule has 1 saturated heterocycles. The van der Waals surface area contributed by atoms with Crippen LogP contribution in [-0.4, -0.2) is 40.5 Å². The first-order valence-electron chi connectivity index (χ1n) is 10.5. The lowest BCUT2D eigenvalue weighted by Crippen LogP contribution is -2.29. The lowest BCUT2D eigenvalue weighted by Gasteiger charge is -2.28. The SMILES string of the molecule is N=C1C(c2nc3ccc(N4CCCCC4)cc3[nH]2)=C(O)CN1c1ccc(C(F)(F)F)cc1. The van der Waals surface area contributed by atoms with E-state index in [9.17, 15) is 18.3 Å². The van der Waals surface area contributed by atoms with E-state index in [-0.39, 0.29) is 23.7 Å². The maximum absolute atomic E-state index is 12.8. The first-order valence-corrected chi connectivity index (χ1v) is 10.5. The summed E-state index contributed by atoms with van der Waals surface area (Å²) in [5.74, 6) is 0.301. The van der Waals surface area contributed by atoms with Crippen molar-refractivity contribution >= 4 is 33.8 Å². The second kappa shape index (κ2) is 7.58. The van der Waals surface area contributed by atoms with Gasteiger partial charge in [-0.25, -0.2) is 4.98 Å². The summed E-state index contributed by atoms with van der Waals surface area (Å²) in [5.41, 5.74) is 2.53. The summed E-state index contributed by atoms with van der Waals surface area (Å²) >= 11 is 0. The Hall–Kier alpha value is -3.49. The van der Waals surface area contributed by atoms with E-state index in [0.717, 1.165) is 41.9 Å². The predicted octanol–water partition coefficient (Wildman–Crippen LogP) is 5.34. The van der Waals surface area contributed by atoms with Crippen LogP contribution in [0.4, 0.5) is 24.5 Å². The number of aromatic amines is 1. The number of alkyl halides is 3. The fourth-order valence-electron chi connectivity index (χ4n) is 4.34. The minimum Gasteiger partial charge on any atom is -0.509 e. The van der Waals surface area contributed by atoms with Gasteiger partial charge in [-0.2, -0.15) is 13.2 Å². The van der Waals surface area contributed by atoms with E-state index in [1.807, 2.05) is 18.2 Å². The second-order valence-electron chi connectivity index (χ2n) is 8.14. The number of piperidine rings is 1. The number of hydrogen-bond donors (Lipinski definition) is 3. The summed E-state index contributed by atoms with van der Waals surface area (Å²) in [6.07, 6.45) is -0.838. The number of amidine groups is 1. The van der Waals surface area contributed by atoms with Gasteiger partial charge in [-0.05, 0) is 61.7 Å². The number of anilines is 2. The summed E-state index contributed by atoms with van der Waals surface area (Å²) < 4.78 is 38.5. The third-order valence-electron chi connectivity index (χ3n) is 6.03. The molecular formula is C23H22F3N5O. The molecule has 2 aromatic carbocycles. The summed E-state index contributed by atoms with van der Waals surface area (Å²) in [4.78, 5) is 11.5. The van der Waals surface area contributed by atoms with E-state index in [1.54, 1.807) is 0 Å². The number of aliphatic hydroxyl groups excluding tert-OH is 1. The van der Waals surface area contributed by atoms with E-state index in [4.69, 9.17) is 5.41 Å². The van der Waals surface area contributed by atoms with Gasteiger partial charge in [0, 0.05) is 24.5 Å². The van der Waals surface area contributed by atoms with Crippen molar-refractivity contribution in [2.75, 3.05) is 29.4 Å². The van der Waals surface area contributed by atoms with Crippen molar-refractivity contribution in [2.45, 2.75) is 25.4 Å². The van der Waals surface area contributed by atoms with Gasteiger partial charge in [0.25, 0.3) is 0 Å². The van der Waals surface area contributed by atoms with Gasteiger partial charge in [-0.1, -0.05) is 0 Å². The Morgan fingerprint density at radius 1 is 0.969 bits per heavy atom. The van der Waals surface area contributed by atoms with Crippen molar-refractivity contribution in [3.05, 3.63) is 59.6 Å². The molecule has 9 heteroatoms. The molecule has 0 atom stereocenters. The monoisotopic (exact) mass is 441 g/mol.